The van der Waals surface area contributed by atoms with E-state index in [0.717, 1.165) is 61.5 Å². The average Bonchev–Trinajstić information content (AvgIpc) is 3.71. The summed E-state index contributed by atoms with van der Waals surface area (Å²) in [5.41, 5.74) is 11.3. The van der Waals surface area contributed by atoms with Crippen molar-refractivity contribution in [3.63, 3.8) is 0 Å². The number of rotatable bonds is 5. The van der Waals surface area contributed by atoms with Crippen molar-refractivity contribution < 1.29 is 0 Å². The minimum Gasteiger partial charge on any atom is -0.308 e. The number of hydrogen-bond donors (Lipinski definition) is 0. The first-order chi connectivity index (χ1) is 24.8. The minimum absolute atomic E-state index is 0.688. The van der Waals surface area contributed by atoms with Gasteiger partial charge >= 0.3 is 0 Å². The molecule has 5 heterocycles. The summed E-state index contributed by atoms with van der Waals surface area (Å²) in [6, 6.07) is 50.7. The van der Waals surface area contributed by atoms with Crippen LogP contribution in [-0.2, 0) is 0 Å². The molecule has 0 saturated carbocycles. The first kappa shape index (κ1) is 28.1. The molecule has 0 aliphatic carbocycles. The van der Waals surface area contributed by atoms with Gasteiger partial charge in [-0.05, 0) is 54.6 Å². The lowest BCUT2D eigenvalue weighted by molar-refractivity contribution is 1.16. The zero-order valence-corrected chi connectivity index (χ0v) is 26.8. The number of pyridine rings is 2. The summed E-state index contributed by atoms with van der Waals surface area (Å²) in [7, 11) is 0. The zero-order chi connectivity index (χ0) is 33.0. The fraction of sp³-hybridized carbons (Fsp3) is 0. The molecule has 0 radical (unpaired) electrons. The van der Waals surface area contributed by atoms with E-state index in [1.54, 1.807) is 0 Å². The molecule has 0 spiro atoms. The van der Waals surface area contributed by atoms with Gasteiger partial charge in [0.15, 0.2) is 5.82 Å². The van der Waals surface area contributed by atoms with E-state index in [2.05, 4.69) is 146 Å². The Kier molecular flexibility index (Phi) is 6.39. The third kappa shape index (κ3) is 4.50. The molecule has 0 saturated heterocycles. The van der Waals surface area contributed by atoms with Gasteiger partial charge in [0.2, 0.25) is 0 Å². The minimum atomic E-state index is 0.688. The van der Waals surface area contributed by atoms with Crippen molar-refractivity contribution >= 4 is 43.6 Å². The monoisotopic (exact) mass is 640 g/mol. The summed E-state index contributed by atoms with van der Waals surface area (Å²) >= 11 is 0. The topological polar surface area (TPSA) is 61.4 Å². The van der Waals surface area contributed by atoms with Crippen LogP contribution < -0.4 is 0 Å². The summed E-state index contributed by atoms with van der Waals surface area (Å²) in [6.07, 6.45) is 7.59. The molecule has 0 N–H and O–H groups in total. The Labute approximate surface area is 287 Å². The van der Waals surface area contributed by atoms with E-state index >= 15 is 0 Å². The van der Waals surface area contributed by atoms with Gasteiger partial charge in [-0.15, -0.1) is 0 Å². The molecular weight excluding hydrogens is 613 g/mol. The van der Waals surface area contributed by atoms with Gasteiger partial charge in [0.05, 0.1) is 45.8 Å². The van der Waals surface area contributed by atoms with Crippen LogP contribution in [-0.4, -0.2) is 29.1 Å². The molecule has 0 aliphatic rings. The van der Waals surface area contributed by atoms with Gasteiger partial charge in [0.1, 0.15) is 0 Å². The van der Waals surface area contributed by atoms with Gasteiger partial charge in [-0.3, -0.25) is 9.97 Å². The number of benzene rings is 5. The van der Waals surface area contributed by atoms with Crippen LogP contribution in [0, 0.1) is 0 Å². The van der Waals surface area contributed by atoms with Crippen molar-refractivity contribution in [3.05, 3.63) is 170 Å². The fourth-order valence-electron chi connectivity index (χ4n) is 7.21. The van der Waals surface area contributed by atoms with Crippen molar-refractivity contribution in [2.75, 3.05) is 0 Å². The van der Waals surface area contributed by atoms with E-state index in [4.69, 9.17) is 9.97 Å². The fourth-order valence-corrected chi connectivity index (χ4v) is 7.21. The van der Waals surface area contributed by atoms with Crippen LogP contribution in [0.1, 0.15) is 0 Å². The molecule has 6 nitrogen and oxygen atoms in total. The second-order valence-electron chi connectivity index (χ2n) is 12.4. The first-order valence-corrected chi connectivity index (χ1v) is 16.6. The lowest BCUT2D eigenvalue weighted by Gasteiger charge is -2.12. The Morgan fingerprint density at radius 3 is 1.30 bits per heavy atom. The summed E-state index contributed by atoms with van der Waals surface area (Å²) in [6.45, 7) is 0. The van der Waals surface area contributed by atoms with E-state index in [-0.39, 0.29) is 0 Å². The number of fused-ring (bicyclic) bond motifs is 6. The average molecular weight is 641 g/mol. The molecule has 0 unspecified atom stereocenters. The van der Waals surface area contributed by atoms with Gasteiger partial charge in [0.25, 0.3) is 0 Å². The largest absolute Gasteiger partial charge is 0.308 e. The van der Waals surface area contributed by atoms with Crippen LogP contribution in [0.15, 0.2) is 170 Å². The van der Waals surface area contributed by atoms with E-state index in [0.29, 0.717) is 5.82 Å². The third-order valence-corrected chi connectivity index (χ3v) is 9.55. The SMILES string of the molecule is c1ccc(-c2nc(-c3ccc(-n4c5ccccc5c5ccncc54)cc3)cc(-c3ccc(-n4c5ccccc5c5ccncc54)cc3)n2)cc1. The van der Waals surface area contributed by atoms with Crippen LogP contribution >= 0.6 is 0 Å². The summed E-state index contributed by atoms with van der Waals surface area (Å²) < 4.78 is 4.55. The molecular formula is C44H28N6. The maximum absolute atomic E-state index is 5.08. The number of para-hydroxylation sites is 2. The highest BCUT2D eigenvalue weighted by Gasteiger charge is 2.15. The molecule has 10 aromatic rings. The number of hydrogen-bond acceptors (Lipinski definition) is 4. The van der Waals surface area contributed by atoms with Gasteiger partial charge < -0.3 is 9.13 Å². The predicted octanol–water partition coefficient (Wildman–Crippen LogP) is 10.5. The van der Waals surface area contributed by atoms with Crippen LogP contribution in [0.2, 0.25) is 0 Å². The van der Waals surface area contributed by atoms with E-state index in [1.807, 2.05) is 43.0 Å². The molecule has 0 atom stereocenters. The van der Waals surface area contributed by atoms with Crippen molar-refractivity contribution in [1.82, 2.24) is 29.1 Å². The van der Waals surface area contributed by atoms with Crippen molar-refractivity contribution in [3.8, 4) is 45.3 Å². The Balaban J connectivity index is 1.07. The Morgan fingerprint density at radius 1 is 0.360 bits per heavy atom. The van der Waals surface area contributed by atoms with Crippen LogP contribution in [0.4, 0.5) is 0 Å². The summed E-state index contributed by atoms with van der Waals surface area (Å²) in [4.78, 5) is 19.0. The van der Waals surface area contributed by atoms with Crippen LogP contribution in [0.25, 0.3) is 88.9 Å². The molecule has 0 bridgehead atoms. The standard InChI is InChI=1S/C44H28N6/c1-2-8-31(9-3-1)44-47-38(29-14-18-32(19-15-29)49-40-12-6-4-10-34(40)36-22-24-45-27-42(36)49)26-39(48-44)30-16-20-33(21-17-30)50-41-13-7-5-11-35(41)37-23-25-46-28-43(37)50/h1-28H. The van der Waals surface area contributed by atoms with Crippen molar-refractivity contribution in [1.29, 1.82) is 0 Å². The number of aromatic nitrogens is 6. The molecule has 0 aliphatic heterocycles. The van der Waals surface area contributed by atoms with Crippen molar-refractivity contribution in [2.24, 2.45) is 0 Å². The Bertz CT molecular complexity index is 2570. The maximum Gasteiger partial charge on any atom is 0.160 e. The Morgan fingerprint density at radius 2 is 0.800 bits per heavy atom. The van der Waals surface area contributed by atoms with E-state index < -0.39 is 0 Å². The highest BCUT2D eigenvalue weighted by atomic mass is 15.0. The highest BCUT2D eigenvalue weighted by Crippen LogP contribution is 2.35. The lowest BCUT2D eigenvalue weighted by atomic mass is 10.1. The van der Waals surface area contributed by atoms with E-state index in [1.165, 1.54) is 21.5 Å². The molecule has 6 heteroatoms. The molecule has 234 valence electrons. The molecule has 5 aromatic heterocycles. The van der Waals surface area contributed by atoms with Crippen molar-refractivity contribution in [2.45, 2.75) is 0 Å². The lowest BCUT2D eigenvalue weighted by Crippen LogP contribution is -1.98. The quantitative estimate of drug-likeness (QED) is 0.188. The van der Waals surface area contributed by atoms with Crippen LogP contribution in [0.5, 0.6) is 0 Å². The normalized spacial score (nSPS) is 11.6. The molecule has 0 fully saturated rings. The van der Waals surface area contributed by atoms with E-state index in [9.17, 15) is 0 Å². The summed E-state index contributed by atoms with van der Waals surface area (Å²) in [5.74, 6) is 0.688. The highest BCUT2D eigenvalue weighted by molar-refractivity contribution is 6.09. The van der Waals surface area contributed by atoms with Gasteiger partial charge in [0, 0.05) is 62.0 Å². The Hall–Kier alpha value is -6.92. The second-order valence-corrected chi connectivity index (χ2v) is 12.4. The smallest absolute Gasteiger partial charge is 0.160 e. The van der Waals surface area contributed by atoms with Gasteiger partial charge in [-0.25, -0.2) is 9.97 Å². The molecule has 0 amide bonds. The second kappa shape index (κ2) is 11.4. The van der Waals surface area contributed by atoms with Gasteiger partial charge in [-0.2, -0.15) is 0 Å². The molecule has 10 rings (SSSR count). The predicted molar refractivity (Wildman–Crippen MR) is 203 cm³/mol. The molecule has 5 aromatic carbocycles. The van der Waals surface area contributed by atoms with Gasteiger partial charge in [-0.1, -0.05) is 91.0 Å². The first-order valence-electron chi connectivity index (χ1n) is 16.6. The maximum atomic E-state index is 5.08. The number of nitrogens with zero attached hydrogens (tertiary/aromatic N) is 6. The third-order valence-electron chi connectivity index (χ3n) is 9.55. The molecule has 50 heavy (non-hydrogen) atoms. The summed E-state index contributed by atoms with van der Waals surface area (Å²) in [5, 5.41) is 4.80. The van der Waals surface area contributed by atoms with Crippen LogP contribution in [0.3, 0.4) is 0 Å². The zero-order valence-electron chi connectivity index (χ0n) is 26.8.